The summed E-state index contributed by atoms with van der Waals surface area (Å²) in [5, 5.41) is 12.4. The summed E-state index contributed by atoms with van der Waals surface area (Å²) in [5.74, 6) is 0.859. The lowest BCUT2D eigenvalue weighted by Crippen LogP contribution is -2.50. The predicted octanol–water partition coefficient (Wildman–Crippen LogP) is 3.24. The first-order valence-electron chi connectivity index (χ1n) is 12.0. The number of allylic oxidation sites excluding steroid dienone is 3. The van der Waals surface area contributed by atoms with Gasteiger partial charge in [-0.05, 0) is 44.2 Å². The van der Waals surface area contributed by atoms with E-state index in [0.29, 0.717) is 12.6 Å². The summed E-state index contributed by atoms with van der Waals surface area (Å²) < 4.78 is 0. The van der Waals surface area contributed by atoms with Gasteiger partial charge in [0.05, 0.1) is 17.3 Å². The molecule has 1 fully saturated rings. The summed E-state index contributed by atoms with van der Waals surface area (Å²) in [6, 6.07) is 0.347. The number of rotatable bonds is 5. The molecule has 7 nitrogen and oxygen atoms in total. The van der Waals surface area contributed by atoms with Crippen molar-refractivity contribution in [1.82, 2.24) is 19.8 Å². The van der Waals surface area contributed by atoms with Gasteiger partial charge in [-0.3, -0.25) is 14.8 Å². The fourth-order valence-corrected chi connectivity index (χ4v) is 5.27. The summed E-state index contributed by atoms with van der Waals surface area (Å²) in [6.45, 7) is 13.0. The molecule has 1 saturated heterocycles. The Hall–Kier alpha value is -2.00. The molecule has 33 heavy (non-hydrogen) atoms. The van der Waals surface area contributed by atoms with Gasteiger partial charge in [0.25, 0.3) is 0 Å². The van der Waals surface area contributed by atoms with Crippen LogP contribution in [0.3, 0.4) is 0 Å². The van der Waals surface area contributed by atoms with Crippen molar-refractivity contribution in [2.24, 2.45) is 4.99 Å². The van der Waals surface area contributed by atoms with Crippen molar-refractivity contribution < 1.29 is 5.11 Å². The summed E-state index contributed by atoms with van der Waals surface area (Å²) in [5.41, 5.74) is 4.76. The van der Waals surface area contributed by atoms with Gasteiger partial charge in [-0.25, -0.2) is 9.97 Å². The second-order valence-corrected chi connectivity index (χ2v) is 10.0. The van der Waals surface area contributed by atoms with Crippen LogP contribution in [0, 0.1) is 0 Å². The Labute approximate surface area is 202 Å². The lowest BCUT2D eigenvalue weighted by Gasteiger charge is -2.39. The minimum absolute atomic E-state index is 0.200. The highest BCUT2D eigenvalue weighted by molar-refractivity contribution is 8.16. The third-order valence-electron chi connectivity index (χ3n) is 6.58. The Kier molecular flexibility index (Phi) is 8.35. The summed E-state index contributed by atoms with van der Waals surface area (Å²) in [6.07, 6.45) is 10.6. The molecule has 4 rings (SSSR count). The minimum Gasteiger partial charge on any atom is -0.395 e. The van der Waals surface area contributed by atoms with E-state index < -0.39 is 0 Å². The van der Waals surface area contributed by atoms with Crippen LogP contribution in [0.5, 0.6) is 0 Å². The van der Waals surface area contributed by atoms with Crippen molar-refractivity contribution in [2.75, 3.05) is 50.8 Å². The van der Waals surface area contributed by atoms with E-state index in [-0.39, 0.29) is 6.61 Å². The third-order valence-corrected chi connectivity index (χ3v) is 7.34. The predicted molar refractivity (Wildman–Crippen MR) is 138 cm³/mol. The summed E-state index contributed by atoms with van der Waals surface area (Å²) >= 11 is 1.68. The minimum atomic E-state index is 0.200. The van der Waals surface area contributed by atoms with Gasteiger partial charge >= 0.3 is 0 Å². The Morgan fingerprint density at radius 3 is 2.76 bits per heavy atom. The van der Waals surface area contributed by atoms with Gasteiger partial charge in [0.2, 0.25) is 5.95 Å². The normalized spacial score (nSPS) is 25.8. The van der Waals surface area contributed by atoms with Crippen LogP contribution in [-0.2, 0) is 13.0 Å². The number of aliphatic hydroxyl groups is 1. The molecule has 8 heteroatoms. The zero-order chi connectivity index (χ0) is 23.2. The fraction of sp³-hybridized carbons (Fsp3) is 0.560. The van der Waals surface area contributed by atoms with E-state index >= 15 is 0 Å². The first-order chi connectivity index (χ1) is 16.0. The highest BCUT2D eigenvalue weighted by atomic mass is 32.2. The van der Waals surface area contributed by atoms with Crippen LogP contribution in [0.25, 0.3) is 0 Å². The molecule has 3 aliphatic rings. The van der Waals surface area contributed by atoms with E-state index in [1.54, 1.807) is 11.8 Å². The zero-order valence-corrected chi connectivity index (χ0v) is 20.9. The maximum atomic E-state index is 9.20. The van der Waals surface area contributed by atoms with Crippen LogP contribution >= 0.6 is 11.8 Å². The maximum Gasteiger partial charge on any atom is 0.225 e. The smallest absolute Gasteiger partial charge is 0.225 e. The first-order valence-corrected chi connectivity index (χ1v) is 12.8. The van der Waals surface area contributed by atoms with E-state index in [9.17, 15) is 5.11 Å². The van der Waals surface area contributed by atoms with Crippen LogP contribution in [0.2, 0.25) is 0 Å². The number of aromatic nitrogens is 2. The number of anilines is 1. The number of aliphatic imine (C=N–C) groups is 1. The molecule has 1 N–H and O–H groups in total. The molecule has 1 aromatic heterocycles. The van der Waals surface area contributed by atoms with Crippen LogP contribution in [0.1, 0.15) is 38.4 Å². The molecule has 1 unspecified atom stereocenters. The molecule has 4 heterocycles. The van der Waals surface area contributed by atoms with Crippen molar-refractivity contribution in [3.8, 4) is 0 Å². The van der Waals surface area contributed by atoms with Crippen molar-refractivity contribution in [1.29, 1.82) is 0 Å². The highest BCUT2D eigenvalue weighted by Gasteiger charge is 2.25. The molecule has 3 aliphatic heterocycles. The molecular formula is C25H36N6OS. The molecule has 1 aromatic rings. The lowest BCUT2D eigenvalue weighted by atomic mass is 10.0. The van der Waals surface area contributed by atoms with Crippen LogP contribution in [0.4, 0.5) is 5.95 Å². The van der Waals surface area contributed by atoms with Gasteiger partial charge in [-0.2, -0.15) is 0 Å². The number of fused-ring (bicyclic) bond motifs is 1. The number of nitrogens with zero attached hydrogens (tertiary/aromatic N) is 6. The molecule has 178 valence electrons. The Morgan fingerprint density at radius 1 is 1.15 bits per heavy atom. The van der Waals surface area contributed by atoms with Gasteiger partial charge < -0.3 is 10.0 Å². The van der Waals surface area contributed by atoms with Gasteiger partial charge in [-0.15, -0.1) is 0 Å². The molecule has 0 bridgehead atoms. The number of hydrogen-bond donors (Lipinski definition) is 1. The van der Waals surface area contributed by atoms with Gasteiger partial charge in [-0.1, -0.05) is 23.9 Å². The largest absolute Gasteiger partial charge is 0.395 e. The van der Waals surface area contributed by atoms with Crippen molar-refractivity contribution >= 4 is 22.8 Å². The maximum absolute atomic E-state index is 9.20. The Bertz CT molecular complexity index is 948. The molecule has 1 atom stereocenters. The summed E-state index contributed by atoms with van der Waals surface area (Å²) in [4.78, 5) is 21.4. The van der Waals surface area contributed by atoms with Gasteiger partial charge in [0.1, 0.15) is 0 Å². The zero-order valence-electron chi connectivity index (χ0n) is 20.1. The number of piperazine rings is 1. The van der Waals surface area contributed by atoms with Gasteiger partial charge in [0, 0.05) is 75.7 Å². The number of aliphatic hydroxyl groups excluding tert-OH is 1. The number of hydrogen-bond acceptors (Lipinski definition) is 8. The number of thioether (sulfide) groups is 1. The molecule has 0 amide bonds. The van der Waals surface area contributed by atoms with E-state index in [4.69, 9.17) is 15.0 Å². The van der Waals surface area contributed by atoms with Gasteiger partial charge in [0.15, 0.2) is 0 Å². The van der Waals surface area contributed by atoms with Crippen LogP contribution < -0.4 is 4.90 Å². The van der Waals surface area contributed by atoms with E-state index in [1.807, 2.05) is 6.20 Å². The van der Waals surface area contributed by atoms with Crippen molar-refractivity contribution in [3.63, 3.8) is 0 Å². The Morgan fingerprint density at radius 2 is 1.97 bits per heavy atom. The average Bonchev–Trinajstić information content (AvgIpc) is 2.82. The second-order valence-electron chi connectivity index (χ2n) is 8.94. The highest BCUT2D eigenvalue weighted by Crippen LogP contribution is 2.23. The monoisotopic (exact) mass is 468 g/mol. The molecule has 0 radical (unpaired) electrons. The summed E-state index contributed by atoms with van der Waals surface area (Å²) in [7, 11) is 0. The van der Waals surface area contributed by atoms with Crippen molar-refractivity contribution in [3.05, 3.63) is 52.4 Å². The van der Waals surface area contributed by atoms with Crippen molar-refractivity contribution in [2.45, 2.75) is 46.2 Å². The molecule has 0 spiro atoms. The standard InChI is InChI=1S/C25H36N6OS/c1-19-16-22(6-4-5-15-33-21(3)27-19)20(2)30-9-11-31(12-10-30)25-26-17-23-18-29(13-14-32)8-7-24(23)28-25/h5-6,15-17,20,32H,4,7-14,18H2,1-3H3/b15-5+,19-16+,22-6+,27-21?. The Balaban J connectivity index is 1.38. The number of β-amino-alcohol motifs (C(OH)–C–C–N with tert-alkyl or cyclic N) is 1. The first kappa shape index (κ1) is 24.1. The molecule has 0 saturated carbocycles. The van der Waals surface area contributed by atoms with E-state index in [0.717, 1.165) is 68.8 Å². The average molecular weight is 469 g/mol. The topological polar surface area (TPSA) is 68.1 Å². The fourth-order valence-electron chi connectivity index (χ4n) is 4.67. The van der Waals surface area contributed by atoms with Crippen LogP contribution in [0.15, 0.2) is 46.1 Å². The molecule has 0 aliphatic carbocycles. The quantitative estimate of drug-likeness (QED) is 0.712. The SMILES string of the molecule is CC1=N/C(C)=C/C(C(C)N2CCN(c3ncc4c(n3)CCN(CCO)C4)CC2)=C\C/C=C/S1. The van der Waals surface area contributed by atoms with E-state index in [1.165, 1.54) is 16.8 Å². The molecule has 0 aromatic carbocycles. The van der Waals surface area contributed by atoms with E-state index in [2.05, 4.69) is 59.1 Å². The second kappa shape index (κ2) is 11.4. The lowest BCUT2D eigenvalue weighted by molar-refractivity contribution is 0.183. The molecular weight excluding hydrogens is 432 g/mol. The third kappa shape index (κ3) is 6.32. The van der Waals surface area contributed by atoms with Crippen LogP contribution in [-0.4, -0.2) is 81.8 Å².